The minimum Gasteiger partial charge on any atom is -0.480 e. The van der Waals surface area contributed by atoms with Gasteiger partial charge in [0.15, 0.2) is 6.04 Å². The van der Waals surface area contributed by atoms with Crippen LogP contribution in [0.15, 0.2) is 24.5 Å². The van der Waals surface area contributed by atoms with Crippen LogP contribution in [0.25, 0.3) is 11.0 Å². The molecule has 0 saturated carbocycles. The van der Waals surface area contributed by atoms with Gasteiger partial charge in [-0.2, -0.15) is 0 Å². The van der Waals surface area contributed by atoms with E-state index in [-0.39, 0.29) is 0 Å². The maximum Gasteiger partial charge on any atom is 0.330 e. The number of hydrogen-bond acceptors (Lipinski definition) is 4. The predicted octanol–water partition coefficient (Wildman–Crippen LogP) is -0.366. The molecular formula is C12H14N4O3. The zero-order chi connectivity index (χ0) is 13.8. The van der Waals surface area contributed by atoms with Gasteiger partial charge >= 0.3 is 5.97 Å². The van der Waals surface area contributed by atoms with Crippen molar-refractivity contribution in [3.8, 4) is 0 Å². The molecule has 0 spiro atoms. The van der Waals surface area contributed by atoms with Gasteiger partial charge in [0.2, 0.25) is 5.91 Å². The first-order valence-electron chi connectivity index (χ1n) is 5.76. The summed E-state index contributed by atoms with van der Waals surface area (Å²) in [5, 5.41) is 11.1. The van der Waals surface area contributed by atoms with Crippen molar-refractivity contribution in [2.45, 2.75) is 12.5 Å². The van der Waals surface area contributed by atoms with Crippen LogP contribution < -0.4 is 11.1 Å². The highest BCUT2D eigenvalue weighted by atomic mass is 16.4. The molecule has 0 aliphatic rings. The van der Waals surface area contributed by atoms with Gasteiger partial charge in [-0.15, -0.1) is 0 Å². The summed E-state index contributed by atoms with van der Waals surface area (Å²) in [4.78, 5) is 28.9. The molecule has 0 aliphatic carbocycles. The Morgan fingerprint density at radius 2 is 2.26 bits per heavy atom. The number of carboxylic acid groups (broad SMARTS) is 1. The van der Waals surface area contributed by atoms with E-state index in [0.29, 0.717) is 13.0 Å². The SMILES string of the molecule is NC(C(=O)O)C(=O)NCCc1ccc2nc[nH]c2c1. The van der Waals surface area contributed by atoms with Gasteiger partial charge in [-0.05, 0) is 24.1 Å². The van der Waals surface area contributed by atoms with Crippen molar-refractivity contribution in [3.63, 3.8) is 0 Å². The molecule has 1 heterocycles. The van der Waals surface area contributed by atoms with Crippen LogP contribution in [0.2, 0.25) is 0 Å². The minimum absolute atomic E-state index is 0.333. The van der Waals surface area contributed by atoms with E-state index in [2.05, 4.69) is 15.3 Å². The number of fused-ring (bicyclic) bond motifs is 1. The van der Waals surface area contributed by atoms with Gasteiger partial charge in [-0.3, -0.25) is 4.79 Å². The highest BCUT2D eigenvalue weighted by Gasteiger charge is 2.20. The number of aliphatic carboxylic acids is 1. The molecule has 0 aliphatic heterocycles. The van der Waals surface area contributed by atoms with Crippen molar-refractivity contribution in [1.29, 1.82) is 0 Å². The van der Waals surface area contributed by atoms with Gasteiger partial charge in [-0.1, -0.05) is 6.07 Å². The molecule has 2 rings (SSSR count). The third kappa shape index (κ3) is 3.08. The quantitative estimate of drug-likeness (QED) is 0.548. The summed E-state index contributed by atoms with van der Waals surface area (Å²) in [6.45, 7) is 0.333. The van der Waals surface area contributed by atoms with Crippen molar-refractivity contribution >= 4 is 22.9 Å². The second-order valence-corrected chi connectivity index (χ2v) is 4.11. The van der Waals surface area contributed by atoms with E-state index in [9.17, 15) is 9.59 Å². The lowest BCUT2D eigenvalue weighted by molar-refractivity contribution is -0.142. The Morgan fingerprint density at radius 1 is 1.47 bits per heavy atom. The Balaban J connectivity index is 1.88. The van der Waals surface area contributed by atoms with Gasteiger partial charge in [0.1, 0.15) is 0 Å². The average Bonchev–Trinajstić information content (AvgIpc) is 2.84. The number of nitrogens with zero attached hydrogens (tertiary/aromatic N) is 1. The van der Waals surface area contributed by atoms with E-state index in [1.807, 2.05) is 18.2 Å². The molecule has 19 heavy (non-hydrogen) atoms. The summed E-state index contributed by atoms with van der Waals surface area (Å²) in [7, 11) is 0. The minimum atomic E-state index is -1.52. The number of H-pyrrole nitrogens is 1. The molecule has 0 fully saturated rings. The molecule has 1 aromatic heterocycles. The zero-order valence-corrected chi connectivity index (χ0v) is 10.1. The molecule has 0 radical (unpaired) electrons. The van der Waals surface area contributed by atoms with Crippen LogP contribution in [0.4, 0.5) is 0 Å². The van der Waals surface area contributed by atoms with E-state index in [1.165, 1.54) is 0 Å². The number of carbonyl (C=O) groups is 2. The Kier molecular flexibility index (Phi) is 3.76. The highest BCUT2D eigenvalue weighted by Crippen LogP contribution is 2.11. The first kappa shape index (κ1) is 13.0. The second kappa shape index (κ2) is 5.49. The lowest BCUT2D eigenvalue weighted by atomic mass is 10.1. The predicted molar refractivity (Wildman–Crippen MR) is 68.4 cm³/mol. The molecule has 1 amide bonds. The van der Waals surface area contributed by atoms with Crippen LogP contribution in [0, 0.1) is 0 Å². The van der Waals surface area contributed by atoms with Gasteiger partial charge in [0.25, 0.3) is 0 Å². The molecule has 1 unspecified atom stereocenters. The number of amides is 1. The number of carboxylic acids is 1. The molecule has 1 aromatic carbocycles. The van der Waals surface area contributed by atoms with Crippen LogP contribution in [0.1, 0.15) is 5.56 Å². The number of hydrogen-bond donors (Lipinski definition) is 4. The van der Waals surface area contributed by atoms with Crippen molar-refractivity contribution in [2.75, 3.05) is 6.54 Å². The maximum atomic E-state index is 11.3. The van der Waals surface area contributed by atoms with Crippen LogP contribution in [0.5, 0.6) is 0 Å². The Morgan fingerprint density at radius 3 is 3.00 bits per heavy atom. The number of nitrogens with one attached hydrogen (secondary N) is 2. The Labute approximate surface area is 108 Å². The monoisotopic (exact) mass is 262 g/mol. The standard InChI is InChI=1S/C12H14N4O3/c13-10(12(18)19)11(17)14-4-3-7-1-2-8-9(5-7)16-6-15-8/h1-2,5-6,10H,3-4,13H2,(H,14,17)(H,15,16)(H,18,19). The first-order chi connectivity index (χ1) is 9.08. The second-order valence-electron chi connectivity index (χ2n) is 4.11. The molecule has 7 nitrogen and oxygen atoms in total. The summed E-state index contributed by atoms with van der Waals surface area (Å²) < 4.78 is 0. The number of benzene rings is 1. The smallest absolute Gasteiger partial charge is 0.330 e. The average molecular weight is 262 g/mol. The molecule has 2 aromatic rings. The maximum absolute atomic E-state index is 11.3. The number of nitrogens with two attached hydrogens (primary N) is 1. The summed E-state index contributed by atoms with van der Waals surface area (Å²) in [5.74, 6) is -2.02. The Bertz CT molecular complexity index is 608. The van der Waals surface area contributed by atoms with Gasteiger partial charge in [0.05, 0.1) is 17.4 Å². The van der Waals surface area contributed by atoms with Crippen molar-refractivity contribution in [2.24, 2.45) is 5.73 Å². The largest absolute Gasteiger partial charge is 0.480 e. The van der Waals surface area contributed by atoms with Gasteiger partial charge in [0, 0.05) is 6.54 Å². The Hall–Kier alpha value is -2.41. The van der Waals surface area contributed by atoms with E-state index in [1.54, 1.807) is 6.33 Å². The highest BCUT2D eigenvalue weighted by molar-refractivity contribution is 6.00. The van der Waals surface area contributed by atoms with E-state index in [0.717, 1.165) is 16.6 Å². The molecule has 1 atom stereocenters. The fourth-order valence-electron chi connectivity index (χ4n) is 1.69. The van der Waals surface area contributed by atoms with Crippen molar-refractivity contribution in [1.82, 2.24) is 15.3 Å². The van der Waals surface area contributed by atoms with Gasteiger partial charge < -0.3 is 21.1 Å². The lowest BCUT2D eigenvalue weighted by Gasteiger charge is -2.08. The van der Waals surface area contributed by atoms with E-state index in [4.69, 9.17) is 10.8 Å². The fourth-order valence-corrected chi connectivity index (χ4v) is 1.69. The van der Waals surface area contributed by atoms with Crippen LogP contribution >= 0.6 is 0 Å². The molecule has 100 valence electrons. The molecular weight excluding hydrogens is 248 g/mol. The van der Waals surface area contributed by atoms with E-state index < -0.39 is 17.9 Å². The molecule has 0 saturated heterocycles. The normalized spacial score (nSPS) is 12.3. The number of aromatic amines is 1. The number of carbonyl (C=O) groups excluding carboxylic acids is 1. The summed E-state index contributed by atoms with van der Waals surface area (Å²) in [6, 6.07) is 4.21. The number of rotatable bonds is 5. The number of imidazole rings is 1. The van der Waals surface area contributed by atoms with Crippen molar-refractivity contribution in [3.05, 3.63) is 30.1 Å². The number of aromatic nitrogens is 2. The third-order valence-corrected chi connectivity index (χ3v) is 2.75. The van der Waals surface area contributed by atoms with Crippen LogP contribution in [-0.4, -0.2) is 39.5 Å². The van der Waals surface area contributed by atoms with E-state index >= 15 is 0 Å². The van der Waals surface area contributed by atoms with Gasteiger partial charge in [-0.25, -0.2) is 9.78 Å². The summed E-state index contributed by atoms with van der Waals surface area (Å²) >= 11 is 0. The van der Waals surface area contributed by atoms with Crippen LogP contribution in [-0.2, 0) is 16.0 Å². The summed E-state index contributed by atoms with van der Waals surface area (Å²) in [5.41, 5.74) is 7.99. The van der Waals surface area contributed by atoms with Crippen LogP contribution in [0.3, 0.4) is 0 Å². The fraction of sp³-hybridized carbons (Fsp3) is 0.250. The third-order valence-electron chi connectivity index (χ3n) is 2.75. The molecule has 0 bridgehead atoms. The topological polar surface area (TPSA) is 121 Å². The lowest BCUT2D eigenvalue weighted by Crippen LogP contribution is -2.46. The molecule has 5 N–H and O–H groups in total. The van der Waals surface area contributed by atoms with Crippen molar-refractivity contribution < 1.29 is 14.7 Å². The first-order valence-corrected chi connectivity index (χ1v) is 5.76. The molecule has 7 heteroatoms. The summed E-state index contributed by atoms with van der Waals surface area (Å²) in [6.07, 6.45) is 2.20. The zero-order valence-electron chi connectivity index (χ0n) is 10.1.